The molecule has 2 aromatic carbocycles. The molecule has 2 heterocycles. The number of nitrogen functional groups attached to an aromatic ring is 1. The Morgan fingerprint density at radius 3 is 2.59 bits per heavy atom. The second kappa shape index (κ2) is 8.00. The van der Waals surface area contributed by atoms with Crippen LogP contribution in [-0.4, -0.2) is 60.8 Å². The number of hydrogen-bond acceptors (Lipinski definition) is 7. The minimum atomic E-state index is -1.00. The van der Waals surface area contributed by atoms with Crippen molar-refractivity contribution < 1.29 is 19.4 Å². The summed E-state index contributed by atoms with van der Waals surface area (Å²) in [6.07, 6.45) is 0.778. The van der Waals surface area contributed by atoms with E-state index in [1.54, 1.807) is 6.07 Å². The Morgan fingerprint density at radius 2 is 1.93 bits per heavy atom. The standard InChI is InChI=1S/C21H24N4O4/c22-17-12-14(20(26)27)4-5-18(17)23-15-2-1-3-16(13-15)24-7-9-25(10-8-24)19-6-11-29-21(19)28/h1-5,12-13,19,23H,6-11,22H2,(H,26,27). The molecular formula is C21H24N4O4. The Morgan fingerprint density at radius 1 is 1.14 bits per heavy atom. The molecule has 2 fully saturated rings. The van der Waals surface area contributed by atoms with Gasteiger partial charge in [0, 0.05) is 44.0 Å². The molecule has 8 nitrogen and oxygen atoms in total. The molecule has 4 rings (SSSR count). The third-order valence-electron chi connectivity index (χ3n) is 5.45. The van der Waals surface area contributed by atoms with Crippen LogP contribution in [0.15, 0.2) is 42.5 Å². The molecule has 152 valence electrons. The van der Waals surface area contributed by atoms with Crippen molar-refractivity contribution in [3.8, 4) is 0 Å². The van der Waals surface area contributed by atoms with E-state index in [-0.39, 0.29) is 17.6 Å². The number of nitrogens with two attached hydrogens (primary N) is 1. The summed E-state index contributed by atoms with van der Waals surface area (Å²) in [6.45, 7) is 3.83. The Kier molecular flexibility index (Phi) is 5.26. The zero-order valence-corrected chi connectivity index (χ0v) is 16.0. The smallest absolute Gasteiger partial charge is 0.335 e. The number of carboxylic acid groups (broad SMARTS) is 1. The highest BCUT2D eigenvalue weighted by Gasteiger charge is 2.34. The fraction of sp³-hybridized carbons (Fsp3) is 0.333. The summed E-state index contributed by atoms with van der Waals surface area (Å²) < 4.78 is 5.09. The molecule has 8 heteroatoms. The SMILES string of the molecule is Nc1cc(C(=O)O)ccc1Nc1cccc(N2CCN(C3CCOC3=O)CC2)c1. The lowest BCUT2D eigenvalue weighted by atomic mass is 10.1. The summed E-state index contributed by atoms with van der Waals surface area (Å²) >= 11 is 0. The first-order chi connectivity index (χ1) is 14.0. The maximum Gasteiger partial charge on any atom is 0.335 e. The largest absolute Gasteiger partial charge is 0.478 e. The van der Waals surface area contributed by atoms with Crippen LogP contribution < -0.4 is 16.0 Å². The molecule has 2 aliphatic heterocycles. The van der Waals surface area contributed by atoms with E-state index in [1.807, 2.05) is 18.2 Å². The molecule has 0 bridgehead atoms. The molecule has 0 spiro atoms. The lowest BCUT2D eigenvalue weighted by Gasteiger charge is -2.37. The Labute approximate surface area is 168 Å². The van der Waals surface area contributed by atoms with Gasteiger partial charge in [0.2, 0.25) is 0 Å². The lowest BCUT2D eigenvalue weighted by Crippen LogP contribution is -2.51. The van der Waals surface area contributed by atoms with E-state index in [9.17, 15) is 9.59 Å². The number of benzene rings is 2. The van der Waals surface area contributed by atoms with Gasteiger partial charge in [0.1, 0.15) is 6.04 Å². The minimum Gasteiger partial charge on any atom is -0.478 e. The zero-order chi connectivity index (χ0) is 20.4. The average Bonchev–Trinajstić information content (AvgIpc) is 3.15. The number of piperazine rings is 1. The molecule has 2 aromatic rings. The Bertz CT molecular complexity index is 925. The van der Waals surface area contributed by atoms with Gasteiger partial charge in [-0.2, -0.15) is 0 Å². The quantitative estimate of drug-likeness (QED) is 0.521. The van der Waals surface area contributed by atoms with E-state index in [1.165, 1.54) is 12.1 Å². The molecule has 1 unspecified atom stereocenters. The molecule has 4 N–H and O–H groups in total. The normalized spacial score (nSPS) is 19.8. The first kappa shape index (κ1) is 19.1. The minimum absolute atomic E-state index is 0.0955. The maximum absolute atomic E-state index is 11.8. The number of carbonyl (C=O) groups excluding carboxylic acids is 1. The van der Waals surface area contributed by atoms with Crippen LogP contribution in [0.5, 0.6) is 0 Å². The summed E-state index contributed by atoms with van der Waals surface area (Å²) in [4.78, 5) is 27.4. The maximum atomic E-state index is 11.8. The van der Waals surface area contributed by atoms with Crippen molar-refractivity contribution in [2.45, 2.75) is 12.5 Å². The van der Waals surface area contributed by atoms with Crippen molar-refractivity contribution >= 4 is 34.7 Å². The Hall–Kier alpha value is -3.26. The number of hydrogen-bond donors (Lipinski definition) is 3. The molecule has 2 aliphatic rings. The highest BCUT2D eigenvalue weighted by atomic mass is 16.5. The molecule has 0 saturated carbocycles. The summed E-state index contributed by atoms with van der Waals surface area (Å²) in [6, 6.07) is 12.6. The van der Waals surface area contributed by atoms with Crippen molar-refractivity contribution in [2.24, 2.45) is 0 Å². The van der Waals surface area contributed by atoms with Gasteiger partial charge >= 0.3 is 11.9 Å². The number of aromatic carboxylic acids is 1. The topological polar surface area (TPSA) is 108 Å². The molecule has 0 aliphatic carbocycles. The van der Waals surface area contributed by atoms with Gasteiger partial charge in [0.15, 0.2) is 0 Å². The fourth-order valence-electron chi connectivity index (χ4n) is 3.85. The van der Waals surface area contributed by atoms with Gasteiger partial charge in [-0.25, -0.2) is 4.79 Å². The monoisotopic (exact) mass is 396 g/mol. The predicted octanol–water partition coefficient (Wildman–Crippen LogP) is 2.15. The van der Waals surface area contributed by atoms with Crippen LogP contribution in [0.3, 0.4) is 0 Å². The van der Waals surface area contributed by atoms with Gasteiger partial charge in [-0.15, -0.1) is 0 Å². The highest BCUT2D eigenvalue weighted by molar-refractivity contribution is 5.91. The van der Waals surface area contributed by atoms with Crippen LogP contribution in [-0.2, 0) is 9.53 Å². The average molecular weight is 396 g/mol. The molecule has 29 heavy (non-hydrogen) atoms. The van der Waals surface area contributed by atoms with Crippen LogP contribution >= 0.6 is 0 Å². The molecule has 2 saturated heterocycles. The number of carboxylic acids is 1. The number of ether oxygens (including phenoxy) is 1. The summed E-state index contributed by atoms with van der Waals surface area (Å²) in [5.41, 5.74) is 9.16. The van der Waals surface area contributed by atoms with Crippen molar-refractivity contribution in [3.05, 3.63) is 48.0 Å². The van der Waals surface area contributed by atoms with Crippen LogP contribution in [0.25, 0.3) is 0 Å². The van der Waals surface area contributed by atoms with Crippen molar-refractivity contribution in [3.63, 3.8) is 0 Å². The fourth-order valence-corrected chi connectivity index (χ4v) is 3.85. The van der Waals surface area contributed by atoms with Gasteiger partial charge < -0.3 is 25.8 Å². The molecule has 0 radical (unpaired) electrons. The van der Waals surface area contributed by atoms with Crippen molar-refractivity contribution in [1.29, 1.82) is 0 Å². The molecule has 0 amide bonds. The predicted molar refractivity (Wildman–Crippen MR) is 111 cm³/mol. The zero-order valence-electron chi connectivity index (χ0n) is 16.0. The number of cyclic esters (lactones) is 1. The van der Waals surface area contributed by atoms with E-state index in [0.29, 0.717) is 18.0 Å². The first-order valence-electron chi connectivity index (χ1n) is 9.67. The third-order valence-corrected chi connectivity index (χ3v) is 5.45. The van der Waals surface area contributed by atoms with E-state index < -0.39 is 5.97 Å². The van der Waals surface area contributed by atoms with E-state index in [0.717, 1.165) is 44.0 Å². The van der Waals surface area contributed by atoms with Gasteiger partial charge in [-0.3, -0.25) is 9.69 Å². The van der Waals surface area contributed by atoms with Gasteiger partial charge in [0.05, 0.1) is 23.5 Å². The number of nitrogens with one attached hydrogen (secondary N) is 1. The van der Waals surface area contributed by atoms with Crippen molar-refractivity contribution in [2.75, 3.05) is 48.7 Å². The van der Waals surface area contributed by atoms with E-state index >= 15 is 0 Å². The van der Waals surface area contributed by atoms with Crippen LogP contribution in [0.4, 0.5) is 22.7 Å². The number of nitrogens with zero attached hydrogens (tertiary/aromatic N) is 2. The summed E-state index contributed by atoms with van der Waals surface area (Å²) in [5.74, 6) is -1.11. The summed E-state index contributed by atoms with van der Waals surface area (Å²) in [5, 5.41) is 12.3. The van der Waals surface area contributed by atoms with Gasteiger partial charge in [-0.1, -0.05) is 6.07 Å². The van der Waals surface area contributed by atoms with Gasteiger partial charge in [-0.05, 0) is 36.4 Å². The first-order valence-corrected chi connectivity index (χ1v) is 9.67. The Balaban J connectivity index is 1.42. The van der Waals surface area contributed by atoms with Crippen LogP contribution in [0.1, 0.15) is 16.8 Å². The van der Waals surface area contributed by atoms with Crippen molar-refractivity contribution in [1.82, 2.24) is 4.90 Å². The van der Waals surface area contributed by atoms with E-state index in [4.69, 9.17) is 15.6 Å². The number of anilines is 4. The van der Waals surface area contributed by atoms with Crippen LogP contribution in [0.2, 0.25) is 0 Å². The third kappa shape index (κ3) is 4.12. The molecule has 0 aromatic heterocycles. The van der Waals surface area contributed by atoms with Crippen LogP contribution in [0, 0.1) is 0 Å². The molecule has 1 atom stereocenters. The number of rotatable bonds is 5. The second-order valence-corrected chi connectivity index (χ2v) is 7.28. The lowest BCUT2D eigenvalue weighted by molar-refractivity contribution is -0.142. The second-order valence-electron chi connectivity index (χ2n) is 7.28. The highest BCUT2D eigenvalue weighted by Crippen LogP contribution is 2.28. The van der Waals surface area contributed by atoms with Gasteiger partial charge in [0.25, 0.3) is 0 Å². The van der Waals surface area contributed by atoms with E-state index in [2.05, 4.69) is 21.2 Å². The number of esters is 1. The number of carbonyl (C=O) groups is 2. The molecular weight excluding hydrogens is 372 g/mol. The summed E-state index contributed by atoms with van der Waals surface area (Å²) in [7, 11) is 0.